The Bertz CT molecular complexity index is 293. The summed E-state index contributed by atoms with van der Waals surface area (Å²) in [6.45, 7) is 5.00. The molecule has 4 nitrogen and oxygen atoms in total. The Hall–Kier alpha value is -0.900. The molecule has 78 valence electrons. The van der Waals surface area contributed by atoms with Gasteiger partial charge in [-0.2, -0.15) is 4.98 Å². The smallest absolute Gasteiger partial charge is 0.228 e. The van der Waals surface area contributed by atoms with Crippen LogP contribution >= 0.6 is 0 Å². The second kappa shape index (κ2) is 4.09. The summed E-state index contributed by atoms with van der Waals surface area (Å²) in [6, 6.07) is 0.528. The number of nitrogens with zero attached hydrogens (tertiary/aromatic N) is 2. The van der Waals surface area contributed by atoms with Crippen LogP contribution < -0.4 is 5.32 Å². The lowest BCUT2D eigenvalue weighted by Gasteiger charge is -2.14. The SMILES string of the molecule is CCNC(Cc1nc(C)no1)C1CC1. The number of hydrogen-bond donors (Lipinski definition) is 1. The molecule has 0 aromatic carbocycles. The summed E-state index contributed by atoms with van der Waals surface area (Å²) in [4.78, 5) is 4.23. The number of likely N-dealkylation sites (N-methyl/N-ethyl adjacent to an activating group) is 1. The average Bonchev–Trinajstić information content (AvgIpc) is 2.91. The van der Waals surface area contributed by atoms with Crippen LogP contribution in [-0.4, -0.2) is 22.7 Å². The molecule has 0 aliphatic heterocycles. The number of hydrogen-bond acceptors (Lipinski definition) is 4. The molecule has 1 N–H and O–H groups in total. The minimum atomic E-state index is 0.528. The van der Waals surface area contributed by atoms with Crippen LogP contribution in [0.4, 0.5) is 0 Å². The molecule has 0 bridgehead atoms. The Labute approximate surface area is 84.1 Å². The Balaban J connectivity index is 1.92. The molecule has 0 saturated heterocycles. The number of rotatable bonds is 5. The van der Waals surface area contributed by atoms with Crippen molar-refractivity contribution >= 4 is 0 Å². The van der Waals surface area contributed by atoms with Crippen molar-refractivity contribution in [2.75, 3.05) is 6.54 Å². The van der Waals surface area contributed by atoms with Crippen molar-refractivity contribution in [2.45, 2.75) is 39.2 Å². The zero-order chi connectivity index (χ0) is 9.97. The third-order valence-electron chi connectivity index (χ3n) is 2.62. The first-order valence-electron chi connectivity index (χ1n) is 5.32. The molecule has 14 heavy (non-hydrogen) atoms. The average molecular weight is 195 g/mol. The van der Waals surface area contributed by atoms with E-state index in [4.69, 9.17) is 4.52 Å². The highest BCUT2D eigenvalue weighted by atomic mass is 16.5. The summed E-state index contributed by atoms with van der Waals surface area (Å²) >= 11 is 0. The standard InChI is InChI=1S/C10H17N3O/c1-3-11-9(8-4-5-8)6-10-12-7(2)13-14-10/h8-9,11H,3-6H2,1-2H3. The lowest BCUT2D eigenvalue weighted by Crippen LogP contribution is -2.33. The van der Waals surface area contributed by atoms with Crippen molar-refractivity contribution in [1.29, 1.82) is 0 Å². The van der Waals surface area contributed by atoms with E-state index >= 15 is 0 Å². The van der Waals surface area contributed by atoms with E-state index < -0.39 is 0 Å². The highest BCUT2D eigenvalue weighted by Gasteiger charge is 2.31. The highest BCUT2D eigenvalue weighted by molar-refractivity contribution is 4.94. The first-order valence-corrected chi connectivity index (χ1v) is 5.32. The van der Waals surface area contributed by atoms with E-state index in [0.717, 1.165) is 30.6 Å². The minimum Gasteiger partial charge on any atom is -0.339 e. The van der Waals surface area contributed by atoms with E-state index in [1.165, 1.54) is 12.8 Å². The molecule has 1 heterocycles. The molecular weight excluding hydrogens is 178 g/mol. The third-order valence-corrected chi connectivity index (χ3v) is 2.62. The molecule has 1 aliphatic rings. The van der Waals surface area contributed by atoms with E-state index in [2.05, 4.69) is 22.4 Å². The lowest BCUT2D eigenvalue weighted by atomic mass is 10.1. The second-order valence-electron chi connectivity index (χ2n) is 3.94. The molecular formula is C10H17N3O. The maximum atomic E-state index is 5.12. The molecule has 0 amide bonds. The Morgan fingerprint density at radius 2 is 2.36 bits per heavy atom. The van der Waals surface area contributed by atoms with Crippen LogP contribution in [0, 0.1) is 12.8 Å². The molecule has 1 fully saturated rings. The summed E-state index contributed by atoms with van der Waals surface area (Å²) in [6.07, 6.45) is 3.55. The van der Waals surface area contributed by atoms with Gasteiger partial charge in [0.05, 0.1) is 0 Å². The molecule has 0 spiro atoms. The van der Waals surface area contributed by atoms with Gasteiger partial charge in [-0.05, 0) is 32.2 Å². The van der Waals surface area contributed by atoms with Gasteiger partial charge in [0.15, 0.2) is 5.82 Å². The second-order valence-corrected chi connectivity index (χ2v) is 3.94. The maximum absolute atomic E-state index is 5.12. The first kappa shape index (κ1) is 9.65. The van der Waals surface area contributed by atoms with Crippen molar-refractivity contribution in [1.82, 2.24) is 15.5 Å². The zero-order valence-corrected chi connectivity index (χ0v) is 8.79. The molecule has 2 rings (SSSR count). The normalized spacial score (nSPS) is 18.4. The van der Waals surface area contributed by atoms with Gasteiger partial charge in [-0.1, -0.05) is 12.1 Å². The Morgan fingerprint density at radius 3 is 2.86 bits per heavy atom. The van der Waals surface area contributed by atoms with Crippen LogP contribution in [0.2, 0.25) is 0 Å². The van der Waals surface area contributed by atoms with Crippen LogP contribution in [0.3, 0.4) is 0 Å². The quantitative estimate of drug-likeness (QED) is 0.769. The van der Waals surface area contributed by atoms with E-state index in [-0.39, 0.29) is 0 Å². The fraction of sp³-hybridized carbons (Fsp3) is 0.800. The molecule has 1 saturated carbocycles. The van der Waals surface area contributed by atoms with Crippen LogP contribution in [-0.2, 0) is 6.42 Å². The van der Waals surface area contributed by atoms with Crippen LogP contribution in [0.15, 0.2) is 4.52 Å². The molecule has 1 atom stereocenters. The highest BCUT2D eigenvalue weighted by Crippen LogP contribution is 2.33. The molecule has 1 aliphatic carbocycles. The van der Waals surface area contributed by atoms with Crippen LogP contribution in [0.5, 0.6) is 0 Å². The van der Waals surface area contributed by atoms with Crippen molar-refractivity contribution in [2.24, 2.45) is 5.92 Å². The predicted octanol–water partition coefficient (Wildman–Crippen LogP) is 1.31. The molecule has 1 unspecified atom stereocenters. The van der Waals surface area contributed by atoms with E-state index in [0.29, 0.717) is 6.04 Å². The molecule has 4 heteroatoms. The maximum Gasteiger partial charge on any atom is 0.228 e. The van der Waals surface area contributed by atoms with Crippen molar-refractivity contribution < 1.29 is 4.52 Å². The fourth-order valence-electron chi connectivity index (χ4n) is 1.78. The topological polar surface area (TPSA) is 51.0 Å². The van der Waals surface area contributed by atoms with Gasteiger partial charge in [0.2, 0.25) is 5.89 Å². The fourth-order valence-corrected chi connectivity index (χ4v) is 1.78. The lowest BCUT2D eigenvalue weighted by molar-refractivity contribution is 0.345. The Morgan fingerprint density at radius 1 is 1.57 bits per heavy atom. The van der Waals surface area contributed by atoms with Gasteiger partial charge in [-0.25, -0.2) is 0 Å². The molecule has 1 aromatic heterocycles. The van der Waals surface area contributed by atoms with Gasteiger partial charge in [-0.3, -0.25) is 0 Å². The zero-order valence-electron chi connectivity index (χ0n) is 8.79. The van der Waals surface area contributed by atoms with E-state index in [9.17, 15) is 0 Å². The summed E-state index contributed by atoms with van der Waals surface area (Å²) in [5.41, 5.74) is 0. The summed E-state index contributed by atoms with van der Waals surface area (Å²) < 4.78 is 5.12. The summed E-state index contributed by atoms with van der Waals surface area (Å²) in [5.74, 6) is 2.31. The summed E-state index contributed by atoms with van der Waals surface area (Å²) in [5, 5.41) is 7.27. The van der Waals surface area contributed by atoms with Gasteiger partial charge >= 0.3 is 0 Å². The molecule has 1 aromatic rings. The van der Waals surface area contributed by atoms with E-state index in [1.54, 1.807) is 0 Å². The predicted molar refractivity (Wildman–Crippen MR) is 52.9 cm³/mol. The molecule has 0 radical (unpaired) electrons. The van der Waals surface area contributed by atoms with Gasteiger partial charge in [0.25, 0.3) is 0 Å². The number of aryl methyl sites for hydroxylation is 1. The van der Waals surface area contributed by atoms with Crippen LogP contribution in [0.1, 0.15) is 31.5 Å². The van der Waals surface area contributed by atoms with Gasteiger partial charge in [-0.15, -0.1) is 0 Å². The first-order chi connectivity index (χ1) is 6.79. The third kappa shape index (κ3) is 2.32. The monoisotopic (exact) mass is 195 g/mol. The van der Waals surface area contributed by atoms with E-state index in [1.807, 2.05) is 6.92 Å². The van der Waals surface area contributed by atoms with Crippen LogP contribution in [0.25, 0.3) is 0 Å². The summed E-state index contributed by atoms with van der Waals surface area (Å²) in [7, 11) is 0. The minimum absolute atomic E-state index is 0.528. The van der Waals surface area contributed by atoms with Crippen molar-refractivity contribution in [3.05, 3.63) is 11.7 Å². The van der Waals surface area contributed by atoms with Gasteiger partial charge in [0, 0.05) is 12.5 Å². The number of nitrogens with one attached hydrogen (secondary N) is 1. The van der Waals surface area contributed by atoms with Gasteiger partial charge < -0.3 is 9.84 Å². The Kier molecular flexibility index (Phi) is 2.82. The number of aromatic nitrogens is 2. The van der Waals surface area contributed by atoms with Crippen molar-refractivity contribution in [3.63, 3.8) is 0 Å². The van der Waals surface area contributed by atoms with Crippen molar-refractivity contribution in [3.8, 4) is 0 Å². The van der Waals surface area contributed by atoms with Gasteiger partial charge in [0.1, 0.15) is 0 Å². The largest absolute Gasteiger partial charge is 0.339 e.